The number of carboxylic acid groups (broad SMARTS) is 1. The average molecular weight is 550 g/mol. The molecule has 9 nitrogen and oxygen atoms in total. The molecular weight excluding hydrogens is 518 g/mol. The maximum absolute atomic E-state index is 13.3. The zero-order valence-electron chi connectivity index (χ0n) is 20.9. The molecule has 3 amide bonds. The molecule has 5 N–H and O–H groups in total. The fourth-order valence-corrected chi connectivity index (χ4v) is 4.17. The van der Waals surface area contributed by atoms with Crippen LogP contribution in [0.3, 0.4) is 0 Å². The van der Waals surface area contributed by atoms with E-state index in [9.17, 15) is 29.4 Å². The summed E-state index contributed by atoms with van der Waals surface area (Å²) in [6.07, 6.45) is 2.17. The van der Waals surface area contributed by atoms with E-state index in [1.807, 2.05) is 12.3 Å². The maximum atomic E-state index is 13.3. The number of aliphatic carboxylic acids is 1. The third-order valence-electron chi connectivity index (χ3n) is 5.58. The molecule has 37 heavy (non-hydrogen) atoms. The highest BCUT2D eigenvalue weighted by atomic mass is 35.5. The number of halogens is 1. The van der Waals surface area contributed by atoms with Gasteiger partial charge in [0.15, 0.2) is 0 Å². The van der Waals surface area contributed by atoms with Crippen LogP contribution in [-0.2, 0) is 20.8 Å². The molecular formula is C26H32ClN3O6S. The van der Waals surface area contributed by atoms with E-state index >= 15 is 0 Å². The van der Waals surface area contributed by atoms with Crippen molar-refractivity contribution in [3.05, 3.63) is 64.7 Å². The molecule has 0 saturated heterocycles. The van der Waals surface area contributed by atoms with Crippen molar-refractivity contribution < 1.29 is 29.4 Å². The van der Waals surface area contributed by atoms with Gasteiger partial charge in [-0.25, -0.2) is 4.79 Å². The van der Waals surface area contributed by atoms with Crippen molar-refractivity contribution in [2.75, 3.05) is 12.0 Å². The predicted octanol–water partition coefficient (Wildman–Crippen LogP) is 2.85. The first kappa shape index (κ1) is 30.0. The van der Waals surface area contributed by atoms with Crippen molar-refractivity contribution in [2.24, 2.45) is 5.92 Å². The third kappa shape index (κ3) is 9.29. The molecule has 200 valence electrons. The van der Waals surface area contributed by atoms with Gasteiger partial charge in [-0.15, -0.1) is 0 Å². The lowest BCUT2D eigenvalue weighted by atomic mass is 10.00. The number of carbonyl (C=O) groups is 4. The molecule has 0 heterocycles. The highest BCUT2D eigenvalue weighted by Gasteiger charge is 2.31. The van der Waals surface area contributed by atoms with Crippen LogP contribution in [0.25, 0.3) is 0 Å². The number of benzene rings is 2. The van der Waals surface area contributed by atoms with Gasteiger partial charge in [-0.1, -0.05) is 55.8 Å². The van der Waals surface area contributed by atoms with Crippen LogP contribution in [0, 0.1) is 5.92 Å². The minimum absolute atomic E-state index is 0.0948. The molecule has 2 aromatic carbocycles. The normalized spacial score (nSPS) is 13.3. The first-order chi connectivity index (χ1) is 17.5. The van der Waals surface area contributed by atoms with Gasteiger partial charge in [0.25, 0.3) is 5.91 Å². The Morgan fingerprint density at radius 2 is 1.59 bits per heavy atom. The fourth-order valence-electron chi connectivity index (χ4n) is 3.53. The van der Waals surface area contributed by atoms with Gasteiger partial charge in [0.1, 0.15) is 23.9 Å². The second kappa shape index (κ2) is 14.5. The molecule has 0 aromatic heterocycles. The Bertz CT molecular complexity index is 1100. The summed E-state index contributed by atoms with van der Waals surface area (Å²) in [5.74, 6) is -3.29. The molecule has 0 unspecified atom stereocenters. The van der Waals surface area contributed by atoms with Crippen LogP contribution in [0.1, 0.15) is 36.2 Å². The van der Waals surface area contributed by atoms with Crippen molar-refractivity contribution in [3.8, 4) is 5.75 Å². The highest BCUT2D eigenvalue weighted by molar-refractivity contribution is 7.98. The van der Waals surface area contributed by atoms with Crippen LogP contribution < -0.4 is 16.0 Å². The summed E-state index contributed by atoms with van der Waals surface area (Å²) in [7, 11) is 0. The standard InChI is InChI=1S/C26H32ClN3O6S/c1-15(2)22(30-23(32)18-14-17(27)9-10-21(18)31)25(34)29-20(13-16-7-5-4-6-8-16)24(33)28-19(26(35)36)11-12-37-3/h4-10,14-15,19-20,22,31H,11-13H2,1-3H3,(H,28,33)(H,29,34)(H,30,32)(H,35,36)/t19-,20-,22-/m0/s1. The maximum Gasteiger partial charge on any atom is 0.326 e. The molecule has 0 fully saturated rings. The van der Waals surface area contributed by atoms with Crippen molar-refractivity contribution in [2.45, 2.75) is 44.8 Å². The molecule has 3 atom stereocenters. The van der Waals surface area contributed by atoms with Crippen molar-refractivity contribution in [1.29, 1.82) is 0 Å². The van der Waals surface area contributed by atoms with Crippen LogP contribution in [0.15, 0.2) is 48.5 Å². The number of amides is 3. The van der Waals surface area contributed by atoms with E-state index in [0.29, 0.717) is 5.75 Å². The quantitative estimate of drug-likeness (QED) is 0.258. The van der Waals surface area contributed by atoms with Gasteiger partial charge >= 0.3 is 5.97 Å². The van der Waals surface area contributed by atoms with Gasteiger partial charge < -0.3 is 26.2 Å². The molecule has 2 rings (SSSR count). The van der Waals surface area contributed by atoms with Crippen LogP contribution >= 0.6 is 23.4 Å². The average Bonchev–Trinajstić information content (AvgIpc) is 2.85. The van der Waals surface area contributed by atoms with Gasteiger partial charge in [0.2, 0.25) is 11.8 Å². The van der Waals surface area contributed by atoms with Crippen LogP contribution in [-0.4, -0.2) is 64.0 Å². The minimum atomic E-state index is -1.17. The van der Waals surface area contributed by atoms with E-state index < -0.39 is 41.8 Å². The van der Waals surface area contributed by atoms with E-state index in [1.54, 1.807) is 38.1 Å². The van der Waals surface area contributed by atoms with E-state index in [4.69, 9.17) is 11.6 Å². The number of phenols is 1. The Hall–Kier alpha value is -3.24. The molecule has 0 saturated carbocycles. The Morgan fingerprint density at radius 1 is 0.946 bits per heavy atom. The summed E-state index contributed by atoms with van der Waals surface area (Å²) >= 11 is 7.40. The number of carboxylic acids is 1. The number of nitrogens with one attached hydrogen (secondary N) is 3. The van der Waals surface area contributed by atoms with Crippen molar-refractivity contribution in [1.82, 2.24) is 16.0 Å². The summed E-state index contributed by atoms with van der Waals surface area (Å²) in [5, 5.41) is 27.6. The van der Waals surface area contributed by atoms with Crippen molar-refractivity contribution >= 4 is 47.1 Å². The lowest BCUT2D eigenvalue weighted by Gasteiger charge is -2.26. The van der Waals surface area contributed by atoms with Gasteiger partial charge in [-0.2, -0.15) is 11.8 Å². The first-order valence-electron chi connectivity index (χ1n) is 11.7. The largest absolute Gasteiger partial charge is 0.507 e. The number of phenolic OH excluding ortho intramolecular Hbond substituents is 1. The summed E-state index contributed by atoms with van der Waals surface area (Å²) in [6.45, 7) is 3.44. The summed E-state index contributed by atoms with van der Waals surface area (Å²) in [4.78, 5) is 50.9. The molecule has 0 aliphatic carbocycles. The Labute approximate surface area is 225 Å². The zero-order valence-corrected chi connectivity index (χ0v) is 22.4. The number of hydrogen-bond donors (Lipinski definition) is 5. The van der Waals surface area contributed by atoms with Gasteiger partial charge in [0.05, 0.1) is 5.56 Å². The van der Waals surface area contributed by atoms with Crippen LogP contribution in [0.5, 0.6) is 5.75 Å². The Morgan fingerprint density at radius 3 is 2.19 bits per heavy atom. The summed E-state index contributed by atoms with van der Waals surface area (Å²) in [6, 6.07) is 9.71. The SMILES string of the molecule is CSCC[C@H](NC(=O)[C@H](Cc1ccccc1)NC(=O)[C@@H](NC(=O)c1cc(Cl)ccc1O)C(C)C)C(=O)O. The Balaban J connectivity index is 2.25. The number of hydrogen-bond acceptors (Lipinski definition) is 6. The third-order valence-corrected chi connectivity index (χ3v) is 6.46. The zero-order chi connectivity index (χ0) is 27.5. The minimum Gasteiger partial charge on any atom is -0.507 e. The Kier molecular flexibility index (Phi) is 11.7. The topological polar surface area (TPSA) is 145 Å². The fraction of sp³-hybridized carbons (Fsp3) is 0.385. The smallest absolute Gasteiger partial charge is 0.326 e. The van der Waals surface area contributed by atoms with E-state index in [1.165, 1.54) is 30.0 Å². The van der Waals surface area contributed by atoms with Gasteiger partial charge in [-0.3, -0.25) is 14.4 Å². The number of thioether (sulfide) groups is 1. The lowest BCUT2D eigenvalue weighted by molar-refractivity contribution is -0.142. The van der Waals surface area contributed by atoms with Gasteiger partial charge in [-0.05, 0) is 48.1 Å². The van der Waals surface area contributed by atoms with Gasteiger partial charge in [0, 0.05) is 11.4 Å². The van der Waals surface area contributed by atoms with Crippen LogP contribution in [0.4, 0.5) is 0 Å². The number of rotatable bonds is 13. The lowest BCUT2D eigenvalue weighted by Crippen LogP contribution is -2.57. The second-order valence-electron chi connectivity index (χ2n) is 8.79. The molecule has 0 spiro atoms. The predicted molar refractivity (Wildman–Crippen MR) is 144 cm³/mol. The summed E-state index contributed by atoms with van der Waals surface area (Å²) in [5.41, 5.74) is 0.663. The van der Waals surface area contributed by atoms with Crippen LogP contribution in [0.2, 0.25) is 5.02 Å². The number of aromatic hydroxyl groups is 1. The van der Waals surface area contributed by atoms with E-state index in [-0.39, 0.29) is 35.1 Å². The molecule has 0 bridgehead atoms. The second-order valence-corrected chi connectivity index (χ2v) is 10.2. The molecule has 2 aromatic rings. The van der Waals surface area contributed by atoms with E-state index in [0.717, 1.165) is 5.56 Å². The van der Waals surface area contributed by atoms with E-state index in [2.05, 4.69) is 16.0 Å². The summed E-state index contributed by atoms with van der Waals surface area (Å²) < 4.78 is 0. The first-order valence-corrected chi connectivity index (χ1v) is 13.5. The highest BCUT2D eigenvalue weighted by Crippen LogP contribution is 2.22. The molecule has 11 heteroatoms. The molecule has 0 aliphatic rings. The molecule has 0 aliphatic heterocycles. The number of carbonyl (C=O) groups excluding carboxylic acids is 3. The molecule has 0 radical (unpaired) electrons. The van der Waals surface area contributed by atoms with Crippen molar-refractivity contribution in [3.63, 3.8) is 0 Å². The monoisotopic (exact) mass is 549 g/mol.